The van der Waals surface area contributed by atoms with Gasteiger partial charge in [0.2, 0.25) is 0 Å². The standard InChI is InChI=1S/C10H21N3/c1-12(2)9-10-13(3)8-6-4-5-7-11/h4-6,8-10H2,1-3H3. The van der Waals surface area contributed by atoms with E-state index in [1.165, 1.54) is 0 Å². The molecule has 3 heteroatoms. The summed E-state index contributed by atoms with van der Waals surface area (Å²) in [4.78, 5) is 4.50. The van der Waals surface area contributed by atoms with Gasteiger partial charge in [0.15, 0.2) is 0 Å². The van der Waals surface area contributed by atoms with Crippen LogP contribution in [-0.4, -0.2) is 50.6 Å². The minimum absolute atomic E-state index is 0.696. The van der Waals surface area contributed by atoms with E-state index in [0.717, 1.165) is 32.5 Å². The van der Waals surface area contributed by atoms with Gasteiger partial charge in [0.05, 0.1) is 6.07 Å². The molecule has 0 heterocycles. The molecular formula is C10H21N3. The molecule has 0 radical (unpaired) electrons. The lowest BCUT2D eigenvalue weighted by atomic mass is 10.2. The Labute approximate surface area is 81.9 Å². The predicted octanol–water partition coefficient (Wildman–Crippen LogP) is 1.17. The average Bonchev–Trinajstić information content (AvgIpc) is 2.09. The third kappa shape index (κ3) is 9.32. The molecule has 0 N–H and O–H groups in total. The number of hydrogen-bond donors (Lipinski definition) is 0. The molecule has 76 valence electrons. The highest BCUT2D eigenvalue weighted by atomic mass is 15.1. The van der Waals surface area contributed by atoms with E-state index in [4.69, 9.17) is 5.26 Å². The zero-order valence-electron chi connectivity index (χ0n) is 9.08. The second-order valence-corrected chi connectivity index (χ2v) is 3.72. The molecule has 0 aliphatic heterocycles. The first kappa shape index (κ1) is 12.4. The zero-order chi connectivity index (χ0) is 10.1. The number of hydrogen-bond acceptors (Lipinski definition) is 3. The Balaban J connectivity index is 3.21. The monoisotopic (exact) mass is 183 g/mol. The molecule has 0 saturated heterocycles. The molecule has 0 unspecified atom stereocenters. The maximum absolute atomic E-state index is 8.34. The number of nitrogens with zero attached hydrogens (tertiary/aromatic N) is 3. The zero-order valence-corrected chi connectivity index (χ0v) is 9.08. The molecular weight excluding hydrogens is 162 g/mol. The summed E-state index contributed by atoms with van der Waals surface area (Å²) in [5, 5.41) is 8.34. The first-order valence-corrected chi connectivity index (χ1v) is 4.87. The van der Waals surface area contributed by atoms with Gasteiger partial charge in [0.25, 0.3) is 0 Å². The third-order valence-electron chi connectivity index (χ3n) is 2.01. The van der Waals surface area contributed by atoms with Crippen LogP contribution in [0.4, 0.5) is 0 Å². The summed E-state index contributed by atoms with van der Waals surface area (Å²) in [6.07, 6.45) is 2.86. The van der Waals surface area contributed by atoms with Crippen LogP contribution in [0.3, 0.4) is 0 Å². The van der Waals surface area contributed by atoms with Gasteiger partial charge >= 0.3 is 0 Å². The Kier molecular flexibility index (Phi) is 7.66. The molecule has 0 spiro atoms. The number of unbranched alkanes of at least 4 members (excludes halogenated alkanes) is 2. The summed E-state index contributed by atoms with van der Waals surface area (Å²) in [5.74, 6) is 0. The van der Waals surface area contributed by atoms with Crippen LogP contribution >= 0.6 is 0 Å². The van der Waals surface area contributed by atoms with Crippen molar-refractivity contribution in [1.82, 2.24) is 9.80 Å². The molecule has 0 atom stereocenters. The molecule has 0 saturated carbocycles. The van der Waals surface area contributed by atoms with Gasteiger partial charge in [-0.05, 0) is 40.5 Å². The second-order valence-electron chi connectivity index (χ2n) is 3.72. The number of rotatable bonds is 7. The molecule has 0 rings (SSSR count). The van der Waals surface area contributed by atoms with Crippen molar-refractivity contribution in [3.8, 4) is 6.07 Å². The molecule has 0 aliphatic carbocycles. The Morgan fingerprint density at radius 2 is 1.69 bits per heavy atom. The minimum Gasteiger partial charge on any atom is -0.308 e. The molecule has 13 heavy (non-hydrogen) atoms. The number of likely N-dealkylation sites (N-methyl/N-ethyl adjacent to an activating group) is 2. The van der Waals surface area contributed by atoms with Gasteiger partial charge < -0.3 is 9.80 Å². The van der Waals surface area contributed by atoms with Crippen LogP contribution in [0.2, 0.25) is 0 Å². The maximum atomic E-state index is 8.34. The fourth-order valence-corrected chi connectivity index (χ4v) is 1.07. The van der Waals surface area contributed by atoms with Crippen molar-refractivity contribution in [2.75, 3.05) is 40.8 Å². The Bertz CT molecular complexity index is 149. The van der Waals surface area contributed by atoms with Gasteiger partial charge in [-0.15, -0.1) is 0 Å². The molecule has 0 bridgehead atoms. The van der Waals surface area contributed by atoms with Crippen molar-refractivity contribution in [3.05, 3.63) is 0 Å². The summed E-state index contributed by atoms with van der Waals surface area (Å²) in [6, 6.07) is 2.16. The predicted molar refractivity (Wildman–Crippen MR) is 55.5 cm³/mol. The normalized spacial score (nSPS) is 10.8. The fourth-order valence-electron chi connectivity index (χ4n) is 1.07. The van der Waals surface area contributed by atoms with Gasteiger partial charge in [-0.1, -0.05) is 0 Å². The van der Waals surface area contributed by atoms with Crippen molar-refractivity contribution in [2.24, 2.45) is 0 Å². The van der Waals surface area contributed by atoms with Crippen molar-refractivity contribution in [3.63, 3.8) is 0 Å². The Morgan fingerprint density at radius 1 is 1.00 bits per heavy atom. The second kappa shape index (κ2) is 8.03. The van der Waals surface area contributed by atoms with Gasteiger partial charge in [-0.3, -0.25) is 0 Å². The first-order valence-electron chi connectivity index (χ1n) is 4.87. The van der Waals surface area contributed by atoms with E-state index in [2.05, 4.69) is 37.0 Å². The average molecular weight is 183 g/mol. The topological polar surface area (TPSA) is 30.3 Å². The first-order chi connectivity index (χ1) is 6.16. The minimum atomic E-state index is 0.696. The molecule has 0 aromatic heterocycles. The van der Waals surface area contributed by atoms with Gasteiger partial charge in [0, 0.05) is 19.5 Å². The SMILES string of the molecule is CN(C)CCN(C)CCCCC#N. The van der Waals surface area contributed by atoms with E-state index in [1.54, 1.807) is 0 Å². The van der Waals surface area contributed by atoms with Crippen LogP contribution in [0, 0.1) is 11.3 Å². The lowest BCUT2D eigenvalue weighted by Crippen LogP contribution is -2.29. The highest BCUT2D eigenvalue weighted by Gasteiger charge is 1.98. The van der Waals surface area contributed by atoms with E-state index < -0.39 is 0 Å². The van der Waals surface area contributed by atoms with Gasteiger partial charge in [0.1, 0.15) is 0 Å². The molecule has 0 aliphatic rings. The fraction of sp³-hybridized carbons (Fsp3) is 0.900. The summed E-state index contributed by atoms with van der Waals surface area (Å²) >= 11 is 0. The van der Waals surface area contributed by atoms with E-state index in [9.17, 15) is 0 Å². The van der Waals surface area contributed by atoms with Crippen molar-refractivity contribution >= 4 is 0 Å². The maximum Gasteiger partial charge on any atom is 0.0621 e. The summed E-state index contributed by atoms with van der Waals surface area (Å²) in [6.45, 7) is 3.32. The lowest BCUT2D eigenvalue weighted by molar-refractivity contribution is 0.278. The molecule has 0 amide bonds. The molecule has 0 fully saturated rings. The van der Waals surface area contributed by atoms with Crippen LogP contribution < -0.4 is 0 Å². The molecule has 0 aromatic rings. The van der Waals surface area contributed by atoms with Crippen LogP contribution in [0.5, 0.6) is 0 Å². The highest BCUT2D eigenvalue weighted by Crippen LogP contribution is 1.95. The van der Waals surface area contributed by atoms with Gasteiger partial charge in [-0.25, -0.2) is 0 Å². The van der Waals surface area contributed by atoms with E-state index in [-0.39, 0.29) is 0 Å². The summed E-state index contributed by atoms with van der Waals surface area (Å²) < 4.78 is 0. The summed E-state index contributed by atoms with van der Waals surface area (Å²) in [7, 11) is 6.31. The third-order valence-corrected chi connectivity index (χ3v) is 2.01. The lowest BCUT2D eigenvalue weighted by Gasteiger charge is -2.18. The van der Waals surface area contributed by atoms with E-state index in [0.29, 0.717) is 6.42 Å². The highest BCUT2D eigenvalue weighted by molar-refractivity contribution is 4.68. The summed E-state index contributed by atoms with van der Waals surface area (Å²) in [5.41, 5.74) is 0. The quantitative estimate of drug-likeness (QED) is 0.555. The molecule has 0 aromatic carbocycles. The van der Waals surface area contributed by atoms with Crippen molar-refractivity contribution < 1.29 is 0 Å². The van der Waals surface area contributed by atoms with Gasteiger partial charge in [-0.2, -0.15) is 5.26 Å². The number of nitriles is 1. The van der Waals surface area contributed by atoms with E-state index in [1.807, 2.05) is 0 Å². The smallest absolute Gasteiger partial charge is 0.0621 e. The van der Waals surface area contributed by atoms with Crippen molar-refractivity contribution in [1.29, 1.82) is 5.26 Å². The van der Waals surface area contributed by atoms with Crippen LogP contribution in [0.15, 0.2) is 0 Å². The van der Waals surface area contributed by atoms with Crippen molar-refractivity contribution in [2.45, 2.75) is 19.3 Å². The van der Waals surface area contributed by atoms with Crippen LogP contribution in [0.1, 0.15) is 19.3 Å². The van der Waals surface area contributed by atoms with Crippen LogP contribution in [-0.2, 0) is 0 Å². The van der Waals surface area contributed by atoms with Crippen LogP contribution in [0.25, 0.3) is 0 Å². The largest absolute Gasteiger partial charge is 0.308 e. The Hall–Kier alpha value is -0.590. The van der Waals surface area contributed by atoms with E-state index >= 15 is 0 Å². The molecule has 3 nitrogen and oxygen atoms in total. The Morgan fingerprint density at radius 3 is 2.23 bits per heavy atom.